The lowest BCUT2D eigenvalue weighted by Crippen LogP contribution is -2.24. The molecule has 4 heteroatoms. The summed E-state index contributed by atoms with van der Waals surface area (Å²) in [5.41, 5.74) is 0.307. The molecule has 0 bridgehead atoms. The van der Waals surface area contributed by atoms with Crippen molar-refractivity contribution < 1.29 is 9.32 Å². The Bertz CT molecular complexity index is 311. The van der Waals surface area contributed by atoms with Crippen molar-refractivity contribution in [3.8, 4) is 12.3 Å². The van der Waals surface area contributed by atoms with Gasteiger partial charge in [0.15, 0.2) is 5.69 Å². The Hall–Kier alpha value is -1.76. The molecule has 4 nitrogen and oxygen atoms in total. The second-order valence-corrected chi connectivity index (χ2v) is 2.80. The van der Waals surface area contributed by atoms with Crippen LogP contribution in [-0.2, 0) is 0 Å². The summed E-state index contributed by atoms with van der Waals surface area (Å²) >= 11 is 0. The lowest BCUT2D eigenvalue weighted by molar-refractivity contribution is 0.0944. The normalized spacial score (nSPS) is 9.36. The van der Waals surface area contributed by atoms with E-state index in [0.29, 0.717) is 12.2 Å². The highest BCUT2D eigenvalue weighted by atomic mass is 16.5. The van der Waals surface area contributed by atoms with Gasteiger partial charge in [0.2, 0.25) is 0 Å². The lowest BCUT2D eigenvalue weighted by Gasteiger charge is -2.00. The zero-order valence-corrected chi connectivity index (χ0v) is 7.82. The SMILES string of the molecule is C#CCCCCNC(=O)c1ccon1. The minimum Gasteiger partial charge on any atom is -0.364 e. The van der Waals surface area contributed by atoms with Crippen LogP contribution in [0.1, 0.15) is 29.8 Å². The highest BCUT2D eigenvalue weighted by molar-refractivity contribution is 5.91. The second kappa shape index (κ2) is 5.81. The number of hydrogen-bond acceptors (Lipinski definition) is 3. The third-order valence-corrected chi connectivity index (χ3v) is 1.70. The molecule has 0 aliphatic rings. The fraction of sp³-hybridized carbons (Fsp3) is 0.400. The van der Waals surface area contributed by atoms with E-state index in [2.05, 4.69) is 20.9 Å². The van der Waals surface area contributed by atoms with Crippen LogP contribution in [0.5, 0.6) is 0 Å². The van der Waals surface area contributed by atoms with E-state index in [4.69, 9.17) is 6.42 Å². The van der Waals surface area contributed by atoms with Gasteiger partial charge in [-0.3, -0.25) is 4.79 Å². The molecule has 0 spiro atoms. The molecule has 14 heavy (non-hydrogen) atoms. The molecule has 74 valence electrons. The van der Waals surface area contributed by atoms with E-state index in [1.165, 1.54) is 12.3 Å². The molecule has 1 heterocycles. The van der Waals surface area contributed by atoms with Crippen LogP contribution in [0.3, 0.4) is 0 Å². The number of hydrogen-bond donors (Lipinski definition) is 1. The van der Waals surface area contributed by atoms with Gasteiger partial charge in [-0.1, -0.05) is 5.16 Å². The maximum absolute atomic E-state index is 11.3. The third-order valence-electron chi connectivity index (χ3n) is 1.70. The summed E-state index contributed by atoms with van der Waals surface area (Å²) in [5, 5.41) is 6.23. The molecule has 0 radical (unpaired) electrons. The molecule has 0 saturated carbocycles. The monoisotopic (exact) mass is 192 g/mol. The van der Waals surface area contributed by atoms with Crippen LogP contribution in [0.4, 0.5) is 0 Å². The molecular formula is C10H12N2O2. The van der Waals surface area contributed by atoms with Gasteiger partial charge < -0.3 is 9.84 Å². The van der Waals surface area contributed by atoms with Crippen molar-refractivity contribution >= 4 is 5.91 Å². The average Bonchev–Trinajstić information content (AvgIpc) is 2.70. The predicted octanol–water partition coefficient (Wildman–Crippen LogP) is 1.21. The summed E-state index contributed by atoms with van der Waals surface area (Å²) in [6, 6.07) is 1.52. The molecule has 1 aromatic heterocycles. The molecule has 0 unspecified atom stereocenters. The van der Waals surface area contributed by atoms with E-state index in [1.807, 2.05) is 0 Å². The number of aromatic nitrogens is 1. The van der Waals surface area contributed by atoms with Crippen LogP contribution in [0, 0.1) is 12.3 Å². The van der Waals surface area contributed by atoms with Gasteiger partial charge in [-0.05, 0) is 12.8 Å². The van der Waals surface area contributed by atoms with E-state index in [1.54, 1.807) is 0 Å². The molecule has 1 N–H and O–H groups in total. The summed E-state index contributed by atoms with van der Waals surface area (Å²) in [6.07, 6.45) is 9.02. The topological polar surface area (TPSA) is 55.1 Å². The first-order chi connectivity index (χ1) is 6.84. The molecule has 1 amide bonds. The number of carbonyl (C=O) groups excluding carboxylic acids is 1. The number of amides is 1. The Morgan fingerprint density at radius 3 is 3.14 bits per heavy atom. The first-order valence-corrected chi connectivity index (χ1v) is 4.46. The van der Waals surface area contributed by atoms with Gasteiger partial charge in [0, 0.05) is 19.0 Å². The molecule has 0 atom stereocenters. The predicted molar refractivity (Wildman–Crippen MR) is 51.5 cm³/mol. The van der Waals surface area contributed by atoms with Crippen LogP contribution in [-0.4, -0.2) is 17.6 Å². The van der Waals surface area contributed by atoms with Crippen LogP contribution >= 0.6 is 0 Å². The van der Waals surface area contributed by atoms with Gasteiger partial charge in [-0.15, -0.1) is 12.3 Å². The van der Waals surface area contributed by atoms with Gasteiger partial charge in [0.05, 0.1) is 0 Å². The van der Waals surface area contributed by atoms with Gasteiger partial charge in [0.25, 0.3) is 5.91 Å². The molecule has 0 aliphatic carbocycles. The first-order valence-electron chi connectivity index (χ1n) is 4.46. The number of terminal acetylenes is 1. The molecule has 0 aromatic carbocycles. The largest absolute Gasteiger partial charge is 0.364 e. The van der Waals surface area contributed by atoms with Crippen molar-refractivity contribution in [1.82, 2.24) is 10.5 Å². The van der Waals surface area contributed by atoms with E-state index < -0.39 is 0 Å². The maximum Gasteiger partial charge on any atom is 0.273 e. The Morgan fingerprint density at radius 1 is 1.64 bits per heavy atom. The zero-order valence-electron chi connectivity index (χ0n) is 7.82. The summed E-state index contributed by atoms with van der Waals surface area (Å²) in [5.74, 6) is 2.33. The Morgan fingerprint density at radius 2 is 2.50 bits per heavy atom. The standard InChI is InChI=1S/C10H12N2O2/c1-2-3-4-5-7-11-10(13)9-6-8-14-12-9/h1,6,8H,3-5,7H2,(H,11,13). The Balaban J connectivity index is 2.14. The van der Waals surface area contributed by atoms with Crippen LogP contribution in [0.25, 0.3) is 0 Å². The third kappa shape index (κ3) is 3.31. The van der Waals surface area contributed by atoms with Gasteiger partial charge in [-0.2, -0.15) is 0 Å². The lowest BCUT2D eigenvalue weighted by atomic mass is 10.2. The van der Waals surface area contributed by atoms with Crippen molar-refractivity contribution in [3.63, 3.8) is 0 Å². The Labute approximate surface area is 82.7 Å². The smallest absolute Gasteiger partial charge is 0.273 e. The van der Waals surface area contributed by atoms with Gasteiger partial charge in [-0.25, -0.2) is 0 Å². The van der Waals surface area contributed by atoms with Crippen molar-refractivity contribution in [3.05, 3.63) is 18.0 Å². The number of carbonyl (C=O) groups is 1. The van der Waals surface area contributed by atoms with E-state index in [9.17, 15) is 4.79 Å². The second-order valence-electron chi connectivity index (χ2n) is 2.80. The zero-order chi connectivity index (χ0) is 10.2. The molecular weight excluding hydrogens is 180 g/mol. The van der Waals surface area contributed by atoms with E-state index in [0.717, 1.165) is 19.3 Å². The van der Waals surface area contributed by atoms with Gasteiger partial charge in [0.1, 0.15) is 6.26 Å². The minimum atomic E-state index is -0.209. The van der Waals surface area contributed by atoms with Crippen molar-refractivity contribution in [2.75, 3.05) is 6.54 Å². The number of unbranched alkanes of at least 4 members (excludes halogenated alkanes) is 2. The highest BCUT2D eigenvalue weighted by Crippen LogP contribution is 1.95. The first kappa shape index (κ1) is 10.3. The highest BCUT2D eigenvalue weighted by Gasteiger charge is 2.06. The minimum absolute atomic E-state index is 0.209. The van der Waals surface area contributed by atoms with Crippen molar-refractivity contribution in [2.45, 2.75) is 19.3 Å². The fourth-order valence-electron chi connectivity index (χ4n) is 0.974. The molecule has 0 fully saturated rings. The summed E-state index contributed by atoms with van der Waals surface area (Å²) in [4.78, 5) is 11.3. The number of nitrogens with one attached hydrogen (secondary N) is 1. The van der Waals surface area contributed by atoms with Crippen LogP contribution < -0.4 is 5.32 Å². The summed E-state index contributed by atoms with van der Waals surface area (Å²) < 4.78 is 4.54. The average molecular weight is 192 g/mol. The number of rotatable bonds is 5. The number of nitrogens with zero attached hydrogens (tertiary/aromatic N) is 1. The van der Waals surface area contributed by atoms with Crippen LogP contribution in [0.15, 0.2) is 16.9 Å². The quantitative estimate of drug-likeness (QED) is 0.563. The van der Waals surface area contributed by atoms with E-state index in [-0.39, 0.29) is 5.91 Å². The Kier molecular flexibility index (Phi) is 4.29. The fourth-order valence-corrected chi connectivity index (χ4v) is 0.974. The molecule has 1 aromatic rings. The van der Waals surface area contributed by atoms with Crippen molar-refractivity contribution in [1.29, 1.82) is 0 Å². The van der Waals surface area contributed by atoms with E-state index >= 15 is 0 Å². The van der Waals surface area contributed by atoms with Gasteiger partial charge >= 0.3 is 0 Å². The summed E-state index contributed by atoms with van der Waals surface area (Å²) in [6.45, 7) is 0.618. The van der Waals surface area contributed by atoms with Crippen LogP contribution in [0.2, 0.25) is 0 Å². The molecule has 1 rings (SSSR count). The van der Waals surface area contributed by atoms with Crippen molar-refractivity contribution in [2.24, 2.45) is 0 Å². The maximum atomic E-state index is 11.3. The molecule has 0 aliphatic heterocycles. The summed E-state index contributed by atoms with van der Waals surface area (Å²) in [7, 11) is 0. The molecule has 0 saturated heterocycles.